The zero-order valence-corrected chi connectivity index (χ0v) is 20.8. The van der Waals surface area contributed by atoms with E-state index >= 15 is 0 Å². The first-order chi connectivity index (χ1) is 16.3. The lowest BCUT2D eigenvalue weighted by molar-refractivity contribution is -0.124. The van der Waals surface area contributed by atoms with Crippen LogP contribution in [0.5, 0.6) is 11.5 Å². The van der Waals surface area contributed by atoms with Crippen LogP contribution >= 0.6 is 0 Å². The number of rotatable bonds is 13. The number of hydrogen-bond donors (Lipinski definition) is 1. The second-order valence-electron chi connectivity index (χ2n) is 9.33. The Bertz CT molecular complexity index is 1050. The van der Waals surface area contributed by atoms with E-state index in [0.29, 0.717) is 30.3 Å². The van der Waals surface area contributed by atoms with Crippen LogP contribution in [0.2, 0.25) is 0 Å². The molecule has 0 radical (unpaired) electrons. The van der Waals surface area contributed by atoms with Gasteiger partial charge in [0.2, 0.25) is 0 Å². The molecule has 0 saturated heterocycles. The van der Waals surface area contributed by atoms with Gasteiger partial charge in [-0.3, -0.25) is 14.6 Å². The Balaban J connectivity index is 1.83. The molecular formula is C28H36N2O4. The highest BCUT2D eigenvalue weighted by Crippen LogP contribution is 2.43. The van der Waals surface area contributed by atoms with Gasteiger partial charge in [0.15, 0.2) is 17.3 Å². The molecule has 182 valence electrons. The van der Waals surface area contributed by atoms with Gasteiger partial charge in [0, 0.05) is 23.9 Å². The van der Waals surface area contributed by atoms with Crippen molar-refractivity contribution in [2.24, 2.45) is 10.9 Å². The van der Waals surface area contributed by atoms with Crippen molar-refractivity contribution >= 4 is 29.0 Å². The van der Waals surface area contributed by atoms with Crippen LogP contribution in [0.4, 0.5) is 5.69 Å². The zero-order chi connectivity index (χ0) is 24.7. The minimum atomic E-state index is -0.218. The van der Waals surface area contributed by atoms with Gasteiger partial charge in [-0.25, -0.2) is 0 Å². The summed E-state index contributed by atoms with van der Waals surface area (Å²) in [7, 11) is 1.51. The third-order valence-electron chi connectivity index (χ3n) is 6.17. The molecule has 2 aliphatic rings. The highest BCUT2D eigenvalue weighted by molar-refractivity contribution is 6.12. The van der Waals surface area contributed by atoms with Crippen molar-refractivity contribution in [3.05, 3.63) is 47.3 Å². The number of allylic oxidation sites excluding steroid dienone is 3. The molecule has 0 aliphatic carbocycles. The van der Waals surface area contributed by atoms with Crippen LogP contribution < -0.4 is 9.64 Å². The number of aromatic hydroxyl groups is 1. The van der Waals surface area contributed by atoms with Crippen LogP contribution in [0.1, 0.15) is 71.3 Å². The number of ether oxygens (including phenoxy) is 1. The third kappa shape index (κ3) is 6.25. The van der Waals surface area contributed by atoms with Crippen LogP contribution in [-0.4, -0.2) is 36.0 Å². The number of phenols is 1. The molecule has 2 aliphatic heterocycles. The van der Waals surface area contributed by atoms with Crippen molar-refractivity contribution in [1.29, 1.82) is 0 Å². The van der Waals surface area contributed by atoms with E-state index in [2.05, 4.69) is 30.7 Å². The molecule has 2 heterocycles. The number of phenolic OH excluding ortho intramolecular Hbond substituents is 1. The number of aliphatic imine (C=N–C) groups is 1. The molecule has 0 bridgehead atoms. The number of carbonyl (C=O) groups excluding carboxylic acids is 2. The van der Waals surface area contributed by atoms with Gasteiger partial charge in [-0.1, -0.05) is 39.7 Å². The van der Waals surface area contributed by atoms with Gasteiger partial charge in [-0.05, 0) is 55.0 Å². The normalized spacial score (nSPS) is 15.0. The van der Waals surface area contributed by atoms with E-state index in [1.54, 1.807) is 12.1 Å². The lowest BCUT2D eigenvalue weighted by Gasteiger charge is -2.25. The maximum Gasteiger partial charge on any atom is 0.182 e. The summed E-state index contributed by atoms with van der Waals surface area (Å²) in [5.74, 6) is 0.706. The lowest BCUT2D eigenvalue weighted by Crippen LogP contribution is -2.22. The van der Waals surface area contributed by atoms with Crippen molar-refractivity contribution in [2.45, 2.75) is 65.7 Å². The average molecular weight is 465 g/mol. The molecule has 0 unspecified atom stereocenters. The fourth-order valence-electron chi connectivity index (χ4n) is 4.25. The largest absolute Gasteiger partial charge is 0.503 e. The predicted octanol–water partition coefficient (Wildman–Crippen LogP) is 6.00. The number of ketones is 2. The fourth-order valence-corrected chi connectivity index (χ4v) is 4.25. The molecule has 34 heavy (non-hydrogen) atoms. The number of nitrogens with zero attached hydrogens (tertiary/aromatic N) is 2. The molecule has 0 fully saturated rings. The molecule has 0 amide bonds. The lowest BCUT2D eigenvalue weighted by atomic mass is 10.0. The van der Waals surface area contributed by atoms with E-state index in [9.17, 15) is 14.7 Å². The number of fused-ring (bicyclic) bond motifs is 1. The minimum absolute atomic E-state index is 0.0223. The second-order valence-corrected chi connectivity index (χ2v) is 9.33. The Labute approximate surface area is 202 Å². The Morgan fingerprint density at radius 1 is 1.26 bits per heavy atom. The molecule has 1 aromatic rings. The van der Waals surface area contributed by atoms with Crippen LogP contribution in [0.25, 0.3) is 6.08 Å². The molecule has 3 rings (SSSR count). The Kier molecular flexibility index (Phi) is 8.85. The molecule has 0 aromatic heterocycles. The van der Waals surface area contributed by atoms with Gasteiger partial charge in [0.1, 0.15) is 5.78 Å². The first-order valence-electron chi connectivity index (χ1n) is 12.2. The van der Waals surface area contributed by atoms with E-state index in [4.69, 9.17) is 4.74 Å². The molecule has 0 spiro atoms. The first-order valence-corrected chi connectivity index (χ1v) is 12.2. The Morgan fingerprint density at radius 2 is 2.06 bits per heavy atom. The van der Waals surface area contributed by atoms with Gasteiger partial charge < -0.3 is 14.7 Å². The van der Waals surface area contributed by atoms with Crippen molar-refractivity contribution in [3.8, 4) is 11.5 Å². The van der Waals surface area contributed by atoms with E-state index in [-0.39, 0.29) is 23.7 Å². The standard InChI is InChI=1S/C28H36N2O4/c1-5-6-7-8-21(31)17-22(32)11-10-20-15-26(28(33)27(16-20)34-4)30-18-24-23(13-14-29-24)25(30)12-9-19(2)3/h10-11,13-16,19,33H,5-9,12,17-18H2,1-4H3. The van der Waals surface area contributed by atoms with Crippen LogP contribution in [0.15, 0.2) is 46.7 Å². The predicted molar refractivity (Wildman–Crippen MR) is 137 cm³/mol. The Hall–Kier alpha value is -3.15. The average Bonchev–Trinajstić information content (AvgIpc) is 3.38. The van der Waals surface area contributed by atoms with Crippen molar-refractivity contribution in [2.75, 3.05) is 18.6 Å². The molecule has 6 nitrogen and oxygen atoms in total. The van der Waals surface area contributed by atoms with Crippen LogP contribution in [-0.2, 0) is 9.59 Å². The SMILES string of the molecule is CCCCCC(=O)CC(=O)C=Cc1cc(OC)c(O)c(N2CC3=NC=CC3=C2CCC(C)C)c1. The fraction of sp³-hybridized carbons (Fsp3) is 0.464. The number of unbranched alkanes of at least 4 members (excludes halogenated alkanes) is 2. The number of carbonyl (C=O) groups is 2. The maximum absolute atomic E-state index is 12.3. The van der Waals surface area contributed by atoms with Crippen molar-refractivity contribution < 1.29 is 19.4 Å². The summed E-state index contributed by atoms with van der Waals surface area (Å²) in [4.78, 5) is 30.9. The molecule has 0 atom stereocenters. The molecular weight excluding hydrogens is 428 g/mol. The molecule has 0 saturated carbocycles. The summed E-state index contributed by atoms with van der Waals surface area (Å²) < 4.78 is 5.43. The summed E-state index contributed by atoms with van der Waals surface area (Å²) >= 11 is 0. The minimum Gasteiger partial charge on any atom is -0.503 e. The third-order valence-corrected chi connectivity index (χ3v) is 6.17. The topological polar surface area (TPSA) is 79.2 Å². The van der Waals surface area contributed by atoms with Gasteiger partial charge in [0.25, 0.3) is 0 Å². The van der Waals surface area contributed by atoms with Crippen LogP contribution in [0.3, 0.4) is 0 Å². The monoisotopic (exact) mass is 464 g/mol. The van der Waals surface area contributed by atoms with E-state index in [0.717, 1.165) is 54.6 Å². The quantitative estimate of drug-likeness (QED) is 0.220. The molecule has 1 aromatic carbocycles. The number of methoxy groups -OCH3 is 1. The number of hydrogen-bond acceptors (Lipinski definition) is 6. The Morgan fingerprint density at radius 3 is 2.76 bits per heavy atom. The van der Waals surface area contributed by atoms with Gasteiger partial charge in [-0.15, -0.1) is 0 Å². The van der Waals surface area contributed by atoms with Gasteiger partial charge in [-0.2, -0.15) is 0 Å². The first kappa shape index (κ1) is 25.5. The maximum atomic E-state index is 12.3. The van der Waals surface area contributed by atoms with E-state index < -0.39 is 0 Å². The number of benzene rings is 1. The van der Waals surface area contributed by atoms with Gasteiger partial charge in [0.05, 0.1) is 31.5 Å². The smallest absolute Gasteiger partial charge is 0.182 e. The summed E-state index contributed by atoms with van der Waals surface area (Å²) in [5, 5.41) is 10.9. The zero-order valence-electron chi connectivity index (χ0n) is 20.8. The van der Waals surface area contributed by atoms with Crippen molar-refractivity contribution in [1.82, 2.24) is 0 Å². The highest BCUT2D eigenvalue weighted by atomic mass is 16.5. The summed E-state index contributed by atoms with van der Waals surface area (Å²) in [6, 6.07) is 3.55. The summed E-state index contributed by atoms with van der Waals surface area (Å²) in [6.45, 7) is 7.05. The summed E-state index contributed by atoms with van der Waals surface area (Å²) in [6.07, 6.45) is 12.1. The second kappa shape index (κ2) is 11.8. The molecule has 1 N–H and O–H groups in total. The van der Waals surface area contributed by atoms with E-state index in [1.807, 2.05) is 18.3 Å². The van der Waals surface area contributed by atoms with E-state index in [1.165, 1.54) is 13.2 Å². The van der Waals surface area contributed by atoms with Crippen molar-refractivity contribution in [3.63, 3.8) is 0 Å². The molecule has 6 heteroatoms. The number of anilines is 1. The highest BCUT2D eigenvalue weighted by Gasteiger charge is 2.31. The summed E-state index contributed by atoms with van der Waals surface area (Å²) in [5.41, 5.74) is 4.60. The van der Waals surface area contributed by atoms with Crippen LogP contribution in [0, 0.1) is 5.92 Å². The number of Topliss-reactive ketones (excluding diaryl/α,β-unsaturated/α-hetero) is 1. The van der Waals surface area contributed by atoms with Gasteiger partial charge >= 0.3 is 0 Å².